The summed E-state index contributed by atoms with van der Waals surface area (Å²) in [5.74, 6) is 0. The van der Waals surface area contributed by atoms with E-state index < -0.39 is 0 Å². The Hall–Kier alpha value is -0.350. The number of aliphatic hydroxyl groups is 1. The molecule has 0 bridgehead atoms. The van der Waals surface area contributed by atoms with Crippen LogP contribution in [-0.4, -0.2) is 22.7 Å². The number of halogens is 2. The molecule has 1 heterocycles. The van der Waals surface area contributed by atoms with Crippen molar-refractivity contribution in [2.24, 2.45) is 5.73 Å². The van der Waals surface area contributed by atoms with Crippen LogP contribution in [0.15, 0.2) is 18.3 Å². The fourth-order valence-corrected chi connectivity index (χ4v) is 1.13. The summed E-state index contributed by atoms with van der Waals surface area (Å²) in [6.07, 6.45) is 2.25. The summed E-state index contributed by atoms with van der Waals surface area (Å²) in [6, 6.07) is 3.36. The molecule has 0 spiro atoms. The van der Waals surface area contributed by atoms with Gasteiger partial charge in [0, 0.05) is 12.2 Å². The second-order valence-electron chi connectivity index (χ2n) is 2.63. The summed E-state index contributed by atoms with van der Waals surface area (Å²) >= 11 is 5.66. The highest BCUT2D eigenvalue weighted by atomic mass is 35.5. The molecule has 0 aliphatic carbocycles. The number of rotatable bonds is 3. The average Bonchev–Trinajstić information content (AvgIpc) is 2.04. The fourth-order valence-electron chi connectivity index (χ4n) is 0.937. The molecule has 1 rings (SSSR count). The minimum Gasteiger partial charge on any atom is -0.395 e. The van der Waals surface area contributed by atoms with Crippen LogP contribution in [0, 0.1) is 0 Å². The van der Waals surface area contributed by atoms with E-state index in [1.807, 2.05) is 6.07 Å². The smallest absolute Gasteiger partial charge is 0.129 e. The summed E-state index contributed by atoms with van der Waals surface area (Å²) in [5.41, 5.74) is 6.54. The van der Waals surface area contributed by atoms with Crippen molar-refractivity contribution in [2.75, 3.05) is 6.61 Å². The van der Waals surface area contributed by atoms with Crippen molar-refractivity contribution in [3.05, 3.63) is 29.0 Å². The van der Waals surface area contributed by atoms with Crippen LogP contribution < -0.4 is 5.73 Å². The van der Waals surface area contributed by atoms with Crippen LogP contribution in [0.25, 0.3) is 0 Å². The fraction of sp³-hybridized carbons (Fsp3) is 0.375. The Balaban J connectivity index is 0.00000144. The van der Waals surface area contributed by atoms with E-state index in [1.54, 1.807) is 12.3 Å². The molecule has 3 N–H and O–H groups in total. The van der Waals surface area contributed by atoms with Crippen LogP contribution in [0.4, 0.5) is 0 Å². The molecule has 74 valence electrons. The zero-order valence-corrected chi connectivity index (χ0v) is 8.55. The molecule has 1 aromatic heterocycles. The lowest BCUT2D eigenvalue weighted by atomic mass is 10.1. The Morgan fingerprint density at radius 2 is 2.31 bits per heavy atom. The molecule has 1 atom stereocenters. The van der Waals surface area contributed by atoms with Gasteiger partial charge in [0.15, 0.2) is 0 Å². The molecule has 0 saturated heterocycles. The number of nitrogens with two attached hydrogens (primary N) is 1. The zero-order valence-electron chi connectivity index (χ0n) is 6.98. The van der Waals surface area contributed by atoms with Crippen molar-refractivity contribution in [3.8, 4) is 0 Å². The lowest BCUT2D eigenvalue weighted by Gasteiger charge is -2.07. The highest BCUT2D eigenvalue weighted by Gasteiger charge is 2.02. The van der Waals surface area contributed by atoms with Crippen LogP contribution in [0.5, 0.6) is 0 Å². The molecule has 0 fully saturated rings. The molecule has 3 nitrogen and oxygen atoms in total. The molecule has 0 aromatic carbocycles. The third kappa shape index (κ3) is 4.43. The SMILES string of the molecule is Cl.NC(CO)Cc1ccnc(Cl)c1. The highest BCUT2D eigenvalue weighted by Crippen LogP contribution is 2.08. The molecule has 1 unspecified atom stereocenters. The van der Waals surface area contributed by atoms with E-state index in [4.69, 9.17) is 22.4 Å². The Morgan fingerprint density at radius 3 is 2.85 bits per heavy atom. The molecule has 5 heteroatoms. The molecule has 0 amide bonds. The average molecular weight is 223 g/mol. The molecule has 0 aliphatic heterocycles. The quantitative estimate of drug-likeness (QED) is 0.752. The minimum atomic E-state index is -0.219. The number of nitrogens with zero attached hydrogens (tertiary/aromatic N) is 1. The van der Waals surface area contributed by atoms with Gasteiger partial charge in [-0.3, -0.25) is 0 Å². The van der Waals surface area contributed by atoms with Crippen LogP contribution in [0.1, 0.15) is 5.56 Å². The second kappa shape index (κ2) is 6.16. The van der Waals surface area contributed by atoms with Crippen molar-refractivity contribution >= 4 is 24.0 Å². The van der Waals surface area contributed by atoms with Gasteiger partial charge in [-0.25, -0.2) is 4.98 Å². The highest BCUT2D eigenvalue weighted by molar-refractivity contribution is 6.29. The van der Waals surface area contributed by atoms with E-state index in [9.17, 15) is 0 Å². The van der Waals surface area contributed by atoms with Gasteiger partial charge in [0.2, 0.25) is 0 Å². The third-order valence-corrected chi connectivity index (χ3v) is 1.73. The van der Waals surface area contributed by atoms with E-state index in [-0.39, 0.29) is 25.1 Å². The van der Waals surface area contributed by atoms with Gasteiger partial charge in [-0.1, -0.05) is 11.6 Å². The lowest BCUT2D eigenvalue weighted by Crippen LogP contribution is -2.26. The van der Waals surface area contributed by atoms with Gasteiger partial charge in [-0.2, -0.15) is 0 Å². The summed E-state index contributed by atoms with van der Waals surface area (Å²) in [5, 5.41) is 9.15. The second-order valence-corrected chi connectivity index (χ2v) is 3.02. The molecule has 13 heavy (non-hydrogen) atoms. The Bertz CT molecular complexity index is 258. The zero-order chi connectivity index (χ0) is 8.97. The summed E-state index contributed by atoms with van der Waals surface area (Å²) in [6.45, 7) is -0.0139. The largest absolute Gasteiger partial charge is 0.395 e. The van der Waals surface area contributed by atoms with Crippen LogP contribution >= 0.6 is 24.0 Å². The summed E-state index contributed by atoms with van der Waals surface area (Å²) < 4.78 is 0. The van der Waals surface area contributed by atoms with E-state index in [1.165, 1.54) is 0 Å². The topological polar surface area (TPSA) is 59.1 Å². The maximum atomic E-state index is 8.69. The van der Waals surface area contributed by atoms with Gasteiger partial charge in [0.25, 0.3) is 0 Å². The standard InChI is InChI=1S/C8H11ClN2O.ClH/c9-8-4-6(1-2-11-8)3-7(10)5-12;/h1-2,4,7,12H,3,5,10H2;1H. The Morgan fingerprint density at radius 1 is 1.62 bits per heavy atom. The van der Waals surface area contributed by atoms with Crippen LogP contribution in [0.2, 0.25) is 5.15 Å². The Labute approximate surface area is 88.3 Å². The number of aromatic nitrogens is 1. The predicted octanol–water partition coefficient (Wildman–Crippen LogP) is 1.02. The van der Waals surface area contributed by atoms with Gasteiger partial charge in [-0.05, 0) is 24.1 Å². The van der Waals surface area contributed by atoms with Crippen molar-refractivity contribution < 1.29 is 5.11 Å². The van der Waals surface area contributed by atoms with Crippen LogP contribution in [-0.2, 0) is 6.42 Å². The molecular weight excluding hydrogens is 211 g/mol. The monoisotopic (exact) mass is 222 g/mol. The number of hydrogen-bond acceptors (Lipinski definition) is 3. The minimum absolute atomic E-state index is 0. The van der Waals surface area contributed by atoms with Gasteiger partial charge in [-0.15, -0.1) is 12.4 Å². The number of hydrogen-bond donors (Lipinski definition) is 2. The molecular formula is C8H12Cl2N2O. The first-order valence-corrected chi connectivity index (χ1v) is 4.07. The maximum absolute atomic E-state index is 8.69. The number of aliphatic hydroxyl groups excluding tert-OH is 1. The van der Waals surface area contributed by atoms with Crippen molar-refractivity contribution in [1.29, 1.82) is 0 Å². The normalized spacial score (nSPS) is 11.9. The van der Waals surface area contributed by atoms with E-state index in [2.05, 4.69) is 4.98 Å². The van der Waals surface area contributed by atoms with Gasteiger partial charge in [0.1, 0.15) is 5.15 Å². The van der Waals surface area contributed by atoms with Crippen LogP contribution in [0.3, 0.4) is 0 Å². The van der Waals surface area contributed by atoms with Crippen molar-refractivity contribution in [3.63, 3.8) is 0 Å². The Kier molecular flexibility index (Phi) is 5.99. The first-order chi connectivity index (χ1) is 5.72. The number of pyridine rings is 1. The molecule has 1 aromatic rings. The molecule has 0 radical (unpaired) electrons. The molecule has 0 saturated carbocycles. The van der Waals surface area contributed by atoms with Gasteiger partial charge in [0.05, 0.1) is 6.61 Å². The van der Waals surface area contributed by atoms with Gasteiger partial charge >= 0.3 is 0 Å². The van der Waals surface area contributed by atoms with E-state index >= 15 is 0 Å². The summed E-state index contributed by atoms with van der Waals surface area (Å²) in [7, 11) is 0. The first kappa shape index (κ1) is 12.7. The van der Waals surface area contributed by atoms with E-state index in [0.717, 1.165) is 5.56 Å². The lowest BCUT2D eigenvalue weighted by molar-refractivity contribution is 0.265. The van der Waals surface area contributed by atoms with Gasteiger partial charge < -0.3 is 10.8 Å². The van der Waals surface area contributed by atoms with Crippen molar-refractivity contribution in [1.82, 2.24) is 4.98 Å². The summed E-state index contributed by atoms with van der Waals surface area (Å²) in [4.78, 5) is 3.84. The van der Waals surface area contributed by atoms with E-state index in [0.29, 0.717) is 11.6 Å². The third-order valence-electron chi connectivity index (χ3n) is 1.52. The predicted molar refractivity (Wildman–Crippen MR) is 55.3 cm³/mol. The molecule has 0 aliphatic rings. The van der Waals surface area contributed by atoms with Crippen molar-refractivity contribution in [2.45, 2.75) is 12.5 Å². The maximum Gasteiger partial charge on any atom is 0.129 e. The first-order valence-electron chi connectivity index (χ1n) is 3.69.